The highest BCUT2D eigenvalue weighted by atomic mass is 19.1. The molecule has 0 bridgehead atoms. The molecule has 8 nitrogen and oxygen atoms in total. The molecule has 0 radical (unpaired) electrons. The summed E-state index contributed by atoms with van der Waals surface area (Å²) >= 11 is 0. The van der Waals surface area contributed by atoms with Crippen LogP contribution in [0.3, 0.4) is 0 Å². The van der Waals surface area contributed by atoms with Crippen LogP contribution < -0.4 is 16.4 Å². The Bertz CT molecular complexity index is 1010. The monoisotopic (exact) mass is 440 g/mol. The molecule has 3 aromatic rings. The molecule has 0 fully saturated rings. The van der Waals surface area contributed by atoms with Gasteiger partial charge in [-0.05, 0) is 42.3 Å². The van der Waals surface area contributed by atoms with Crippen LogP contribution in [-0.2, 0) is 22.5 Å². The average Bonchev–Trinajstić information content (AvgIpc) is 2.76. The number of hydrogen-bond acceptors (Lipinski definition) is 6. The van der Waals surface area contributed by atoms with E-state index in [9.17, 15) is 14.0 Å². The Morgan fingerprint density at radius 2 is 1.72 bits per heavy atom. The molecule has 0 aliphatic heterocycles. The summed E-state index contributed by atoms with van der Waals surface area (Å²) in [7, 11) is 0. The van der Waals surface area contributed by atoms with Crippen LogP contribution in [0.5, 0.6) is 0 Å². The number of rotatable bonds is 7. The van der Waals surface area contributed by atoms with Gasteiger partial charge in [-0.1, -0.05) is 42.5 Å². The van der Waals surface area contributed by atoms with Crippen molar-refractivity contribution in [1.29, 1.82) is 0 Å². The van der Waals surface area contributed by atoms with Crippen molar-refractivity contribution in [2.75, 3.05) is 23.0 Å². The van der Waals surface area contributed by atoms with Crippen LogP contribution >= 0.6 is 0 Å². The lowest BCUT2D eigenvalue weighted by Gasteiger charge is -2.10. The van der Waals surface area contributed by atoms with Gasteiger partial charge in [-0.2, -0.15) is 0 Å². The molecule has 1 heterocycles. The Balaban J connectivity index is 0.000000303. The topological polar surface area (TPSA) is 127 Å². The number of amides is 1. The third kappa shape index (κ3) is 8.70. The van der Waals surface area contributed by atoms with Crippen molar-refractivity contribution < 1.29 is 23.8 Å². The molecule has 5 N–H and O–H groups in total. The lowest BCUT2D eigenvalue weighted by atomic mass is 10.2. The molecule has 168 valence electrons. The number of hydrogen-bond donors (Lipinski definition) is 4. The second-order valence-corrected chi connectivity index (χ2v) is 6.51. The van der Waals surface area contributed by atoms with Crippen molar-refractivity contribution in [2.45, 2.75) is 19.9 Å². The first-order valence-corrected chi connectivity index (χ1v) is 9.81. The number of halogens is 1. The molecule has 2 aromatic carbocycles. The van der Waals surface area contributed by atoms with Gasteiger partial charge in [0.15, 0.2) is 0 Å². The maximum Gasteiger partial charge on any atom is 0.411 e. The number of carbonyl (C=O) groups is 2. The van der Waals surface area contributed by atoms with E-state index in [0.29, 0.717) is 18.1 Å². The molecule has 0 saturated heterocycles. The second kappa shape index (κ2) is 12.5. The van der Waals surface area contributed by atoms with E-state index in [0.717, 1.165) is 11.1 Å². The number of nitrogen functional groups attached to an aromatic ring is 1. The lowest BCUT2D eigenvalue weighted by Crippen LogP contribution is -2.15. The van der Waals surface area contributed by atoms with Crippen molar-refractivity contribution in [3.8, 4) is 0 Å². The highest BCUT2D eigenvalue weighted by Crippen LogP contribution is 2.19. The fourth-order valence-corrected chi connectivity index (χ4v) is 2.52. The molecule has 3 rings (SSSR count). The van der Waals surface area contributed by atoms with Gasteiger partial charge < -0.3 is 20.9 Å². The summed E-state index contributed by atoms with van der Waals surface area (Å²) in [5.74, 6) is -0.333. The number of ether oxygens (including phenoxy) is 1. The van der Waals surface area contributed by atoms with E-state index in [1.54, 1.807) is 43.3 Å². The van der Waals surface area contributed by atoms with Crippen LogP contribution in [0.25, 0.3) is 0 Å². The number of nitrogens with one attached hydrogen (secondary N) is 2. The Morgan fingerprint density at radius 3 is 2.31 bits per heavy atom. The van der Waals surface area contributed by atoms with Gasteiger partial charge in [0.05, 0.1) is 18.7 Å². The molecule has 0 spiro atoms. The van der Waals surface area contributed by atoms with Crippen molar-refractivity contribution in [3.63, 3.8) is 0 Å². The number of benzene rings is 2. The Morgan fingerprint density at radius 1 is 1.03 bits per heavy atom. The number of nitrogens with zero attached hydrogens (tertiary/aromatic N) is 1. The van der Waals surface area contributed by atoms with Crippen LogP contribution in [0, 0.1) is 5.82 Å². The minimum atomic E-state index is -0.786. The van der Waals surface area contributed by atoms with E-state index in [4.69, 9.17) is 15.6 Å². The smallest absolute Gasteiger partial charge is 0.411 e. The number of nitrogens with two attached hydrogens (primary N) is 1. The largest absolute Gasteiger partial charge is 0.481 e. The van der Waals surface area contributed by atoms with Crippen LogP contribution in [0.4, 0.5) is 26.5 Å². The molecular weight excluding hydrogens is 415 g/mol. The van der Waals surface area contributed by atoms with E-state index >= 15 is 0 Å². The number of anilines is 3. The number of carboxylic acid groups (broad SMARTS) is 1. The number of pyridine rings is 1. The fourth-order valence-electron chi connectivity index (χ4n) is 2.52. The van der Waals surface area contributed by atoms with Gasteiger partial charge in [-0.25, -0.2) is 14.2 Å². The maximum atomic E-state index is 12.8. The van der Waals surface area contributed by atoms with Gasteiger partial charge in [0.25, 0.3) is 0 Å². The van der Waals surface area contributed by atoms with Crippen LogP contribution in [0.1, 0.15) is 18.1 Å². The van der Waals surface area contributed by atoms with Crippen molar-refractivity contribution in [2.24, 2.45) is 0 Å². The van der Waals surface area contributed by atoms with Gasteiger partial charge in [-0.3, -0.25) is 10.1 Å². The SMILES string of the molecule is CCOC(=O)Nc1ccc(NCc2ccc(F)cc2)nc1N.O=C(O)Cc1ccccc1. The van der Waals surface area contributed by atoms with Crippen molar-refractivity contribution >= 4 is 29.4 Å². The summed E-state index contributed by atoms with van der Waals surface area (Å²) in [6, 6.07) is 18.6. The number of aromatic nitrogens is 1. The normalized spacial score (nSPS) is 9.81. The Labute approximate surface area is 185 Å². The first kappa shape index (κ1) is 24.1. The first-order chi connectivity index (χ1) is 15.4. The fraction of sp³-hybridized carbons (Fsp3) is 0.174. The number of carboxylic acids is 1. The van der Waals surface area contributed by atoms with E-state index in [1.165, 1.54) is 12.1 Å². The highest BCUT2D eigenvalue weighted by molar-refractivity contribution is 5.88. The molecule has 0 saturated carbocycles. The van der Waals surface area contributed by atoms with Gasteiger partial charge >= 0.3 is 12.1 Å². The van der Waals surface area contributed by atoms with Crippen molar-refractivity contribution in [1.82, 2.24) is 4.98 Å². The standard InChI is InChI=1S/C15H17FN4O2.C8H8O2/c1-2-22-15(21)19-12-7-8-13(20-14(12)17)18-9-10-3-5-11(16)6-4-10;9-8(10)6-7-4-2-1-3-5-7/h3-8H,2,9H2,1H3,(H,19,21)(H3,17,18,20);1-5H,6H2,(H,9,10). The summed E-state index contributed by atoms with van der Waals surface area (Å²) < 4.78 is 17.6. The molecule has 0 atom stereocenters. The molecular formula is C23H25FN4O4. The summed E-state index contributed by atoms with van der Waals surface area (Å²) in [5.41, 5.74) is 7.92. The van der Waals surface area contributed by atoms with Gasteiger partial charge in [0.1, 0.15) is 17.5 Å². The summed E-state index contributed by atoms with van der Waals surface area (Å²) in [5, 5.41) is 13.9. The zero-order valence-corrected chi connectivity index (χ0v) is 17.5. The van der Waals surface area contributed by atoms with E-state index in [-0.39, 0.29) is 24.7 Å². The third-order valence-corrected chi connectivity index (χ3v) is 4.02. The zero-order valence-electron chi connectivity index (χ0n) is 17.5. The van der Waals surface area contributed by atoms with Gasteiger partial charge in [0.2, 0.25) is 0 Å². The Kier molecular flexibility index (Phi) is 9.45. The van der Waals surface area contributed by atoms with Crippen LogP contribution in [0.2, 0.25) is 0 Å². The second-order valence-electron chi connectivity index (χ2n) is 6.51. The summed E-state index contributed by atoms with van der Waals surface area (Å²) in [6.07, 6.45) is -0.469. The van der Waals surface area contributed by atoms with E-state index in [2.05, 4.69) is 15.6 Å². The molecule has 9 heteroatoms. The maximum absolute atomic E-state index is 12.8. The van der Waals surface area contributed by atoms with Gasteiger partial charge in [-0.15, -0.1) is 0 Å². The predicted molar refractivity (Wildman–Crippen MR) is 121 cm³/mol. The quantitative estimate of drug-likeness (QED) is 0.431. The van der Waals surface area contributed by atoms with Crippen molar-refractivity contribution in [3.05, 3.63) is 83.7 Å². The molecule has 0 aliphatic rings. The molecule has 32 heavy (non-hydrogen) atoms. The average molecular weight is 440 g/mol. The Hall–Kier alpha value is -4.14. The molecule has 0 unspecified atom stereocenters. The van der Waals surface area contributed by atoms with E-state index in [1.807, 2.05) is 18.2 Å². The van der Waals surface area contributed by atoms with Crippen LogP contribution in [-0.4, -0.2) is 28.8 Å². The third-order valence-electron chi connectivity index (χ3n) is 4.02. The summed E-state index contributed by atoms with van der Waals surface area (Å²) in [4.78, 5) is 25.6. The van der Waals surface area contributed by atoms with E-state index < -0.39 is 12.1 Å². The number of aliphatic carboxylic acids is 1. The summed E-state index contributed by atoms with van der Waals surface area (Å²) in [6.45, 7) is 2.47. The molecule has 1 aromatic heterocycles. The predicted octanol–water partition coefficient (Wildman–Crippen LogP) is 4.30. The molecule has 1 amide bonds. The molecule has 0 aliphatic carbocycles. The minimum absolute atomic E-state index is 0.112. The number of carbonyl (C=O) groups excluding carboxylic acids is 1. The first-order valence-electron chi connectivity index (χ1n) is 9.81. The zero-order chi connectivity index (χ0) is 23.3. The lowest BCUT2D eigenvalue weighted by molar-refractivity contribution is -0.136. The minimum Gasteiger partial charge on any atom is -0.481 e. The highest BCUT2D eigenvalue weighted by Gasteiger charge is 2.07. The van der Waals surface area contributed by atoms with Gasteiger partial charge in [0, 0.05) is 6.54 Å². The van der Waals surface area contributed by atoms with Crippen LogP contribution in [0.15, 0.2) is 66.7 Å².